The van der Waals surface area contributed by atoms with Crippen LogP contribution in [0.4, 0.5) is 9.18 Å². The van der Waals surface area contributed by atoms with Crippen molar-refractivity contribution in [3.63, 3.8) is 0 Å². The molecular weight excluding hydrogens is 525 g/mol. The van der Waals surface area contributed by atoms with Gasteiger partial charge in [0.05, 0.1) is 23.1 Å². The Bertz CT molecular complexity index is 1570. The number of hydrogen-bond acceptors (Lipinski definition) is 5. The molecule has 1 aliphatic rings. The summed E-state index contributed by atoms with van der Waals surface area (Å²) in [5.74, 6) is -0.139. The Morgan fingerprint density at radius 1 is 0.947 bits per heavy atom. The Balaban J connectivity index is 1.39. The highest BCUT2D eigenvalue weighted by Gasteiger charge is 2.35. The number of thioether (sulfide) groups is 1. The van der Waals surface area contributed by atoms with Gasteiger partial charge in [0.25, 0.3) is 11.1 Å². The lowest BCUT2D eigenvalue weighted by Gasteiger charge is -2.15. The minimum absolute atomic E-state index is 0.138. The van der Waals surface area contributed by atoms with Crippen LogP contribution in [0.15, 0.2) is 83.8 Å². The number of ether oxygens (including phenoxy) is 2. The molecule has 0 atom stereocenters. The Labute approximate surface area is 228 Å². The van der Waals surface area contributed by atoms with Gasteiger partial charge in [-0.2, -0.15) is 0 Å². The van der Waals surface area contributed by atoms with Crippen LogP contribution in [0, 0.1) is 5.82 Å². The Morgan fingerprint density at radius 2 is 1.68 bits per heavy atom. The molecule has 4 aromatic rings. The fourth-order valence-electron chi connectivity index (χ4n) is 4.23. The lowest BCUT2D eigenvalue weighted by atomic mass is 10.1. The first-order valence-corrected chi connectivity index (χ1v) is 13.2. The highest BCUT2D eigenvalue weighted by atomic mass is 35.5. The van der Waals surface area contributed by atoms with Crippen molar-refractivity contribution in [3.8, 4) is 11.5 Å². The zero-order valence-corrected chi connectivity index (χ0v) is 22.0. The summed E-state index contributed by atoms with van der Waals surface area (Å²) in [7, 11) is 0. The van der Waals surface area contributed by atoms with Gasteiger partial charge in [0.2, 0.25) is 0 Å². The molecule has 0 radical (unpaired) electrons. The summed E-state index contributed by atoms with van der Waals surface area (Å²) < 4.78 is 26.0. The molecule has 192 valence electrons. The van der Waals surface area contributed by atoms with Crippen LogP contribution in [0.5, 0.6) is 11.5 Å². The van der Waals surface area contributed by atoms with Gasteiger partial charge in [0.15, 0.2) is 11.5 Å². The van der Waals surface area contributed by atoms with Gasteiger partial charge in [-0.05, 0) is 64.9 Å². The van der Waals surface area contributed by atoms with Gasteiger partial charge in [-0.15, -0.1) is 0 Å². The number of carbonyl (C=O) groups is 2. The van der Waals surface area contributed by atoms with Crippen molar-refractivity contribution in [2.45, 2.75) is 20.1 Å². The van der Waals surface area contributed by atoms with E-state index in [1.165, 1.54) is 6.07 Å². The summed E-state index contributed by atoms with van der Waals surface area (Å²) in [6, 6.07) is 23.5. The fourth-order valence-corrected chi connectivity index (χ4v) is 5.34. The zero-order valence-electron chi connectivity index (χ0n) is 20.4. The van der Waals surface area contributed by atoms with Crippen molar-refractivity contribution in [1.82, 2.24) is 4.90 Å². The fraction of sp³-hybridized carbons (Fsp3) is 0.133. The second-order valence-corrected chi connectivity index (χ2v) is 9.95. The topological polar surface area (TPSA) is 55.8 Å². The van der Waals surface area contributed by atoms with E-state index in [1.54, 1.807) is 36.4 Å². The van der Waals surface area contributed by atoms with E-state index in [1.807, 2.05) is 49.4 Å². The van der Waals surface area contributed by atoms with Crippen LogP contribution in [0.3, 0.4) is 0 Å². The summed E-state index contributed by atoms with van der Waals surface area (Å²) >= 11 is 7.41. The molecule has 0 aromatic heterocycles. The van der Waals surface area contributed by atoms with Crippen LogP contribution in [-0.4, -0.2) is 22.7 Å². The number of fused-ring (bicyclic) bond motifs is 1. The predicted octanol–water partition coefficient (Wildman–Crippen LogP) is 7.85. The third kappa shape index (κ3) is 5.39. The number of hydrogen-bond donors (Lipinski definition) is 0. The number of halogens is 2. The third-order valence-electron chi connectivity index (χ3n) is 6.04. The molecular formula is C30H23ClFNO4S. The van der Waals surface area contributed by atoms with E-state index in [4.69, 9.17) is 21.1 Å². The molecule has 0 aliphatic carbocycles. The molecule has 1 aliphatic heterocycles. The summed E-state index contributed by atoms with van der Waals surface area (Å²) in [6.45, 7) is 2.38. The average molecular weight is 548 g/mol. The minimum atomic E-state index is -0.492. The van der Waals surface area contributed by atoms with Crippen LogP contribution in [-0.2, 0) is 17.9 Å². The quantitative estimate of drug-likeness (QED) is 0.210. The van der Waals surface area contributed by atoms with E-state index < -0.39 is 17.0 Å². The van der Waals surface area contributed by atoms with E-state index >= 15 is 0 Å². The molecule has 4 aromatic carbocycles. The van der Waals surface area contributed by atoms with Gasteiger partial charge in [-0.25, -0.2) is 4.39 Å². The van der Waals surface area contributed by atoms with Gasteiger partial charge in [-0.1, -0.05) is 72.3 Å². The molecule has 5 rings (SSSR count). The Kier molecular flexibility index (Phi) is 7.67. The molecule has 1 fully saturated rings. The van der Waals surface area contributed by atoms with Crippen molar-refractivity contribution in [3.05, 3.63) is 111 Å². The van der Waals surface area contributed by atoms with E-state index in [2.05, 4.69) is 0 Å². The molecule has 0 unspecified atom stereocenters. The molecule has 5 nitrogen and oxygen atoms in total. The van der Waals surface area contributed by atoms with Crippen molar-refractivity contribution in [1.29, 1.82) is 0 Å². The molecule has 1 saturated heterocycles. The Morgan fingerprint density at radius 3 is 2.50 bits per heavy atom. The molecule has 1 heterocycles. The first-order chi connectivity index (χ1) is 18.4. The highest BCUT2D eigenvalue weighted by molar-refractivity contribution is 8.18. The normalized spacial score (nSPS) is 14.5. The maximum Gasteiger partial charge on any atom is 0.293 e. The van der Waals surface area contributed by atoms with Crippen LogP contribution >= 0.6 is 23.4 Å². The van der Waals surface area contributed by atoms with Crippen LogP contribution in [0.1, 0.15) is 23.6 Å². The van der Waals surface area contributed by atoms with Crippen molar-refractivity contribution in [2.24, 2.45) is 0 Å². The highest BCUT2D eigenvalue weighted by Crippen LogP contribution is 2.40. The van der Waals surface area contributed by atoms with Crippen molar-refractivity contribution < 1.29 is 23.5 Å². The van der Waals surface area contributed by atoms with Gasteiger partial charge in [0.1, 0.15) is 12.4 Å². The standard InChI is InChI=1S/C30H23ClFNO4S/c1-2-36-26-15-19(16-27-29(34)33(30(35)38-27)17-21-9-4-6-13-25(21)32)14-24(31)28(26)37-18-22-11-7-10-20-8-3-5-12-23(20)22/h3-16H,2,17-18H2,1H3/b27-16-. The maximum absolute atomic E-state index is 14.1. The lowest BCUT2D eigenvalue weighted by molar-refractivity contribution is -0.123. The van der Waals surface area contributed by atoms with Gasteiger partial charge in [-0.3, -0.25) is 14.5 Å². The SMILES string of the molecule is CCOc1cc(/C=C2\SC(=O)N(Cc3ccccc3F)C2=O)cc(Cl)c1OCc1cccc2ccccc12. The van der Waals surface area contributed by atoms with Crippen LogP contribution < -0.4 is 9.47 Å². The molecule has 0 spiro atoms. The van der Waals surface area contributed by atoms with Gasteiger partial charge in [0, 0.05) is 5.56 Å². The zero-order chi connectivity index (χ0) is 26.6. The van der Waals surface area contributed by atoms with Crippen molar-refractivity contribution in [2.75, 3.05) is 6.61 Å². The number of carbonyl (C=O) groups excluding carboxylic acids is 2. The largest absolute Gasteiger partial charge is 0.490 e. The lowest BCUT2D eigenvalue weighted by Crippen LogP contribution is -2.27. The summed E-state index contributed by atoms with van der Waals surface area (Å²) in [5.41, 5.74) is 1.85. The monoisotopic (exact) mass is 547 g/mol. The summed E-state index contributed by atoms with van der Waals surface area (Å²) in [4.78, 5) is 26.8. The Hall–Kier alpha value is -3.81. The van der Waals surface area contributed by atoms with Crippen LogP contribution in [0.25, 0.3) is 16.8 Å². The molecule has 8 heteroatoms. The smallest absolute Gasteiger partial charge is 0.293 e. The number of benzene rings is 4. The van der Waals surface area contributed by atoms with E-state index in [0.717, 1.165) is 33.0 Å². The second kappa shape index (κ2) is 11.3. The van der Waals surface area contributed by atoms with Crippen molar-refractivity contribution >= 4 is 51.4 Å². The third-order valence-corrected chi connectivity index (χ3v) is 7.23. The van der Waals surface area contributed by atoms with Crippen LogP contribution in [0.2, 0.25) is 5.02 Å². The molecule has 38 heavy (non-hydrogen) atoms. The minimum Gasteiger partial charge on any atom is -0.490 e. The first kappa shape index (κ1) is 25.8. The first-order valence-electron chi connectivity index (χ1n) is 12.0. The summed E-state index contributed by atoms with van der Waals surface area (Å²) in [5, 5.41) is 2.06. The molecule has 2 amide bonds. The maximum atomic E-state index is 14.1. The molecule has 0 N–H and O–H groups in total. The van der Waals surface area contributed by atoms with Gasteiger partial charge < -0.3 is 9.47 Å². The number of nitrogens with zero attached hydrogens (tertiary/aromatic N) is 1. The molecule has 0 bridgehead atoms. The second-order valence-electron chi connectivity index (χ2n) is 8.55. The van der Waals surface area contributed by atoms with E-state index in [9.17, 15) is 14.0 Å². The average Bonchev–Trinajstić information content (AvgIpc) is 3.17. The predicted molar refractivity (Wildman–Crippen MR) is 149 cm³/mol. The number of imide groups is 1. The van der Waals surface area contributed by atoms with E-state index in [-0.39, 0.29) is 23.6 Å². The number of rotatable bonds is 8. The summed E-state index contributed by atoms with van der Waals surface area (Å²) in [6.07, 6.45) is 1.58. The van der Waals surface area contributed by atoms with E-state index in [0.29, 0.717) is 28.7 Å². The van der Waals surface area contributed by atoms with Gasteiger partial charge >= 0.3 is 0 Å². The molecule has 0 saturated carbocycles. The number of amides is 2.